The van der Waals surface area contributed by atoms with Gasteiger partial charge >= 0.3 is 0 Å². The Bertz CT molecular complexity index is 2450. The molecule has 0 saturated carbocycles. The minimum absolute atomic E-state index is 0.585. The molecule has 4 aromatic rings. The number of nitrogens with zero attached hydrogens (tertiary/aromatic N) is 3. The maximum absolute atomic E-state index is 5.40. The van der Waals surface area contributed by atoms with Gasteiger partial charge in [-0.3, -0.25) is 0 Å². The van der Waals surface area contributed by atoms with Crippen molar-refractivity contribution >= 4 is 93.8 Å². The minimum atomic E-state index is 0.585. The van der Waals surface area contributed by atoms with Crippen LogP contribution in [0, 0.1) is 6.92 Å². The zero-order valence-corrected chi connectivity index (χ0v) is 78.4. The molecular weight excluding hydrogens is 1460 g/mol. The van der Waals surface area contributed by atoms with E-state index >= 15 is 0 Å². The molecule has 4 rings (SSSR count). The Morgan fingerprint density at radius 2 is 0.405 bits per heavy atom. The fraction of sp³-hybridized carbons (Fsp3) is 0.780. The SMILES string of the molecule is [CH2]c1ccc(-c2nc(Nc3cc(SCCCCCCCCCCCCC)c(SCCCCCCCCCCCCC)c(SCCCCCCCCCCCCC)c3)nc(Nc3cc(SCCCCCCCCCCCCC)c(SCCCCCCCCCCCCC)c(SCCCCCCCCCCCCC)c3)n2)cc1. The van der Waals surface area contributed by atoms with Crippen molar-refractivity contribution in [1.29, 1.82) is 0 Å². The van der Waals surface area contributed by atoms with Crippen LogP contribution in [0.1, 0.15) is 471 Å². The van der Waals surface area contributed by atoms with Crippen molar-refractivity contribution in [2.24, 2.45) is 0 Å². The zero-order chi connectivity index (χ0) is 78.9. The molecule has 0 aliphatic rings. The average Bonchev–Trinajstić information content (AvgIpc) is 0.811. The van der Waals surface area contributed by atoms with E-state index in [-0.39, 0.29) is 0 Å². The first-order valence-electron chi connectivity index (χ1n) is 48.3. The molecule has 2 N–H and O–H groups in total. The van der Waals surface area contributed by atoms with Gasteiger partial charge in [-0.2, -0.15) is 15.0 Å². The highest BCUT2D eigenvalue weighted by molar-refractivity contribution is 8.04. The van der Waals surface area contributed by atoms with Crippen LogP contribution in [0.25, 0.3) is 11.4 Å². The molecule has 0 aliphatic carbocycles. The summed E-state index contributed by atoms with van der Waals surface area (Å²) in [6, 6.07) is 18.3. The first-order valence-corrected chi connectivity index (χ1v) is 54.2. The summed E-state index contributed by atoms with van der Waals surface area (Å²) in [6.07, 6.45) is 90.8. The van der Waals surface area contributed by atoms with Crippen molar-refractivity contribution in [3.8, 4) is 11.4 Å². The van der Waals surface area contributed by atoms with Crippen LogP contribution in [0.2, 0.25) is 0 Å². The van der Waals surface area contributed by atoms with Gasteiger partial charge in [-0.1, -0.05) is 451 Å². The van der Waals surface area contributed by atoms with E-state index in [1.54, 1.807) is 0 Å². The quantitative estimate of drug-likeness (QED) is 0.0328. The summed E-state index contributed by atoms with van der Waals surface area (Å²) in [6.45, 7) is 18.3. The van der Waals surface area contributed by atoms with Gasteiger partial charge in [0, 0.05) is 46.3 Å². The van der Waals surface area contributed by atoms with Gasteiger partial charge in [-0.05, 0) is 110 Å². The van der Waals surface area contributed by atoms with Crippen LogP contribution in [-0.4, -0.2) is 49.5 Å². The molecule has 0 bridgehead atoms. The third-order valence-corrected chi connectivity index (χ3v) is 29.9. The zero-order valence-electron chi connectivity index (χ0n) is 73.5. The maximum atomic E-state index is 5.40. The van der Waals surface area contributed by atoms with Crippen molar-refractivity contribution in [1.82, 2.24) is 15.0 Å². The summed E-state index contributed by atoms with van der Waals surface area (Å²) in [5.74, 6) is 8.80. The van der Waals surface area contributed by atoms with E-state index in [1.165, 1.54) is 465 Å². The molecule has 0 unspecified atom stereocenters. The number of hydrogen-bond donors (Lipinski definition) is 2. The molecule has 635 valence electrons. The van der Waals surface area contributed by atoms with Crippen LogP contribution < -0.4 is 10.6 Å². The Morgan fingerprint density at radius 3 is 0.604 bits per heavy atom. The van der Waals surface area contributed by atoms with Crippen molar-refractivity contribution < 1.29 is 0 Å². The number of thioether (sulfide) groups is 6. The normalized spacial score (nSPS) is 11.7. The molecule has 1 heterocycles. The Kier molecular flexibility index (Phi) is 69.5. The summed E-state index contributed by atoms with van der Waals surface area (Å²) < 4.78 is 0. The topological polar surface area (TPSA) is 62.7 Å². The summed E-state index contributed by atoms with van der Waals surface area (Å²) in [4.78, 5) is 24.8. The fourth-order valence-corrected chi connectivity index (χ4v) is 22.7. The largest absolute Gasteiger partial charge is 0.324 e. The molecule has 1 radical (unpaired) electrons. The Hall–Kier alpha value is -1.63. The van der Waals surface area contributed by atoms with Gasteiger partial charge in [0.25, 0.3) is 0 Å². The monoisotopic (exact) mass is 1640 g/mol. The molecule has 3 aromatic carbocycles. The first kappa shape index (κ1) is 102. The van der Waals surface area contributed by atoms with Gasteiger partial charge in [0.2, 0.25) is 11.9 Å². The lowest BCUT2D eigenvalue weighted by molar-refractivity contribution is 0.555. The van der Waals surface area contributed by atoms with Gasteiger partial charge in [-0.25, -0.2) is 0 Å². The van der Waals surface area contributed by atoms with Crippen molar-refractivity contribution in [2.45, 2.75) is 495 Å². The molecule has 0 amide bonds. The molecule has 11 heteroatoms. The second-order valence-corrected chi connectivity index (χ2v) is 39.9. The first-order chi connectivity index (χ1) is 54.9. The van der Waals surface area contributed by atoms with Gasteiger partial charge in [0.15, 0.2) is 5.82 Å². The number of aromatic nitrogens is 3. The van der Waals surface area contributed by atoms with Crippen LogP contribution in [0.4, 0.5) is 23.3 Å². The lowest BCUT2D eigenvalue weighted by atomic mass is 10.1. The number of nitrogens with one attached hydrogen (secondary N) is 2. The highest BCUT2D eigenvalue weighted by Gasteiger charge is 2.19. The maximum Gasteiger partial charge on any atom is 0.232 e. The van der Waals surface area contributed by atoms with E-state index in [9.17, 15) is 0 Å². The van der Waals surface area contributed by atoms with Crippen molar-refractivity contribution in [3.63, 3.8) is 0 Å². The van der Waals surface area contributed by atoms with E-state index in [4.69, 9.17) is 15.0 Å². The van der Waals surface area contributed by atoms with Gasteiger partial charge in [-0.15, -0.1) is 70.6 Å². The second kappa shape index (κ2) is 75.8. The van der Waals surface area contributed by atoms with Crippen LogP contribution in [0.3, 0.4) is 0 Å². The fourth-order valence-electron chi connectivity index (χ4n) is 15.2. The third-order valence-electron chi connectivity index (χ3n) is 22.4. The summed E-state index contributed by atoms with van der Waals surface area (Å²) in [5, 5.41) is 7.85. The number of hydrogen-bond acceptors (Lipinski definition) is 11. The molecule has 0 aliphatic heterocycles. The summed E-state index contributed by atoms with van der Waals surface area (Å²) >= 11 is 12.7. The van der Waals surface area contributed by atoms with Crippen LogP contribution in [0.15, 0.2) is 77.9 Å². The molecular formula is C100H174N5S6. The van der Waals surface area contributed by atoms with E-state index in [2.05, 4.69) is 178 Å². The smallest absolute Gasteiger partial charge is 0.232 e. The van der Waals surface area contributed by atoms with Gasteiger partial charge < -0.3 is 10.6 Å². The Balaban J connectivity index is 1.72. The predicted octanol–water partition coefficient (Wildman–Crippen LogP) is 37.6. The Labute approximate surface area is 715 Å². The highest BCUT2D eigenvalue weighted by atomic mass is 32.2. The van der Waals surface area contributed by atoms with Crippen molar-refractivity contribution in [3.05, 3.63) is 61.0 Å². The molecule has 5 nitrogen and oxygen atoms in total. The lowest BCUT2D eigenvalue weighted by Crippen LogP contribution is -2.06. The van der Waals surface area contributed by atoms with E-state index < -0.39 is 0 Å². The summed E-state index contributed by atoms with van der Waals surface area (Å²) in [7, 11) is 0. The molecule has 0 atom stereocenters. The molecule has 0 fully saturated rings. The number of benzene rings is 3. The van der Waals surface area contributed by atoms with Crippen LogP contribution in [-0.2, 0) is 0 Å². The predicted molar refractivity (Wildman–Crippen MR) is 512 cm³/mol. The number of unbranched alkanes of at least 4 members (excludes halogenated alkanes) is 60. The van der Waals surface area contributed by atoms with E-state index in [0.717, 1.165) is 45.5 Å². The lowest BCUT2D eigenvalue weighted by Gasteiger charge is -2.19. The third kappa shape index (κ3) is 55.7. The van der Waals surface area contributed by atoms with E-state index in [0.29, 0.717) is 17.7 Å². The van der Waals surface area contributed by atoms with Gasteiger partial charge in [0.05, 0.1) is 0 Å². The standard InChI is InChI=1S/C100H174N5S6/c1-8-14-20-26-32-38-44-50-56-62-68-78-106-92-84-90(85-93(107-79-69-63-57-51-45-39-33-27-21-15-9-2)96(92)110-82-72-66-60-54-48-42-36-30-24-18-12-5)101-99-103-98(89-76-74-88(7)75-77-89)104-100(105-99)102-91-86-94(108-80-70-64-58-52-46-40-34-28-22-16-10-3)97(111-83-73-67-61-55-49-43-37-31-25-19-13-6)95(87-91)109-81-71-65-59-53-47-41-35-29-23-17-11-4/h74-77,84-87H,7-73,78-83H2,1-6H3,(H2,101,102,103,104,105). The minimum Gasteiger partial charge on any atom is -0.324 e. The highest BCUT2D eigenvalue weighted by Crippen LogP contribution is 2.45. The van der Waals surface area contributed by atoms with Crippen LogP contribution in [0.5, 0.6) is 0 Å². The van der Waals surface area contributed by atoms with Gasteiger partial charge in [0.1, 0.15) is 0 Å². The molecule has 0 saturated heterocycles. The average molecular weight is 1640 g/mol. The molecule has 111 heavy (non-hydrogen) atoms. The number of rotatable bonds is 83. The molecule has 0 spiro atoms. The number of anilines is 4. The molecule has 1 aromatic heterocycles. The second-order valence-electron chi connectivity index (χ2n) is 33.2. The Morgan fingerprint density at radius 1 is 0.225 bits per heavy atom. The van der Waals surface area contributed by atoms with Crippen molar-refractivity contribution in [2.75, 3.05) is 45.2 Å². The van der Waals surface area contributed by atoms with E-state index in [1.807, 2.05) is 0 Å². The summed E-state index contributed by atoms with van der Waals surface area (Å²) in [5.41, 5.74) is 4.11. The van der Waals surface area contributed by atoms with Crippen LogP contribution >= 0.6 is 70.6 Å².